The summed E-state index contributed by atoms with van der Waals surface area (Å²) in [6, 6.07) is 18.1. The second-order valence-electron chi connectivity index (χ2n) is 6.45. The molecule has 0 aliphatic carbocycles. The monoisotopic (exact) mass is 418 g/mol. The molecule has 0 N–H and O–H groups in total. The molecular weight excluding hydrogens is 400 g/mol. The number of rotatable bonds is 6. The van der Waals surface area contributed by atoms with Crippen LogP contribution in [0.2, 0.25) is 0 Å². The molecule has 1 heterocycles. The fraction of sp³-hybridized carbons (Fsp3) is 0.0833. The van der Waals surface area contributed by atoms with E-state index in [2.05, 4.69) is 0 Å². The van der Waals surface area contributed by atoms with Crippen molar-refractivity contribution in [2.75, 3.05) is 14.2 Å². The number of ether oxygens (including phenoxy) is 4. The van der Waals surface area contributed by atoms with Crippen molar-refractivity contribution in [1.29, 1.82) is 0 Å². The summed E-state index contributed by atoms with van der Waals surface area (Å²) < 4.78 is 26.9. The molecule has 0 aliphatic heterocycles. The average molecular weight is 418 g/mol. The number of esters is 1. The molecule has 0 atom stereocenters. The first-order chi connectivity index (χ1) is 15.1. The van der Waals surface area contributed by atoms with Crippen molar-refractivity contribution in [2.24, 2.45) is 0 Å². The highest BCUT2D eigenvalue weighted by molar-refractivity contribution is 5.94. The van der Waals surface area contributed by atoms with Crippen molar-refractivity contribution in [3.63, 3.8) is 0 Å². The van der Waals surface area contributed by atoms with Crippen LogP contribution in [-0.4, -0.2) is 20.2 Å². The van der Waals surface area contributed by atoms with E-state index in [4.69, 9.17) is 23.4 Å². The summed E-state index contributed by atoms with van der Waals surface area (Å²) in [6.45, 7) is 0. The third-order valence-corrected chi connectivity index (χ3v) is 4.54. The molecule has 31 heavy (non-hydrogen) atoms. The second-order valence-corrected chi connectivity index (χ2v) is 6.45. The molecule has 4 aromatic rings. The maximum absolute atomic E-state index is 12.8. The number of carbonyl (C=O) groups is 1. The Bertz CT molecular complexity index is 1290. The SMILES string of the molecule is COc1ccc(Oc2coc3cc(OC(=O)c4ccccc4OC)ccc3c2=O)cc1. The minimum atomic E-state index is -0.585. The van der Waals surface area contributed by atoms with E-state index in [-0.39, 0.29) is 28.1 Å². The Hall–Kier alpha value is -4.26. The normalized spacial score (nSPS) is 10.5. The predicted molar refractivity (Wildman–Crippen MR) is 114 cm³/mol. The first-order valence-electron chi connectivity index (χ1n) is 9.31. The van der Waals surface area contributed by atoms with E-state index < -0.39 is 5.97 Å². The maximum Gasteiger partial charge on any atom is 0.347 e. The number of methoxy groups -OCH3 is 2. The third-order valence-electron chi connectivity index (χ3n) is 4.54. The van der Waals surface area contributed by atoms with E-state index in [1.165, 1.54) is 31.6 Å². The molecular formula is C24H18O7. The molecule has 0 saturated carbocycles. The van der Waals surface area contributed by atoms with Crippen molar-refractivity contribution < 1.29 is 28.2 Å². The van der Waals surface area contributed by atoms with Crippen LogP contribution in [0.4, 0.5) is 0 Å². The van der Waals surface area contributed by atoms with Crippen molar-refractivity contribution in [1.82, 2.24) is 0 Å². The molecule has 1 aromatic heterocycles. The Morgan fingerprint density at radius 2 is 1.52 bits per heavy atom. The number of hydrogen-bond acceptors (Lipinski definition) is 7. The molecule has 4 rings (SSSR count). The van der Waals surface area contributed by atoms with Gasteiger partial charge in [-0.05, 0) is 48.5 Å². The van der Waals surface area contributed by atoms with Crippen LogP contribution in [0.15, 0.2) is 82.2 Å². The topological polar surface area (TPSA) is 84.2 Å². The number of carbonyl (C=O) groups excluding carboxylic acids is 1. The van der Waals surface area contributed by atoms with Gasteiger partial charge in [0.15, 0.2) is 0 Å². The fourth-order valence-electron chi connectivity index (χ4n) is 2.97. The number of fused-ring (bicyclic) bond motifs is 1. The maximum atomic E-state index is 12.8. The highest BCUT2D eigenvalue weighted by atomic mass is 16.5. The summed E-state index contributed by atoms with van der Waals surface area (Å²) in [5, 5.41) is 0.295. The Morgan fingerprint density at radius 3 is 2.26 bits per heavy atom. The molecule has 7 heteroatoms. The van der Waals surface area contributed by atoms with Crippen LogP contribution < -0.4 is 24.4 Å². The van der Waals surface area contributed by atoms with Crippen LogP contribution in [0.5, 0.6) is 28.7 Å². The van der Waals surface area contributed by atoms with Gasteiger partial charge in [-0.3, -0.25) is 4.79 Å². The Balaban J connectivity index is 1.58. The summed E-state index contributed by atoms with van der Waals surface area (Å²) in [4.78, 5) is 25.2. The summed E-state index contributed by atoms with van der Waals surface area (Å²) in [5.74, 6) is 1.23. The van der Waals surface area contributed by atoms with E-state index in [0.717, 1.165) is 0 Å². The lowest BCUT2D eigenvalue weighted by molar-refractivity contribution is 0.0731. The van der Waals surface area contributed by atoms with Crippen LogP contribution in [-0.2, 0) is 0 Å². The van der Waals surface area contributed by atoms with Crippen LogP contribution >= 0.6 is 0 Å². The number of hydrogen-bond donors (Lipinski definition) is 0. The smallest absolute Gasteiger partial charge is 0.347 e. The standard InChI is InChI=1S/C24H18O7/c1-27-15-7-9-16(10-8-15)30-22-14-29-21-13-17(11-12-18(21)23(22)25)31-24(26)19-5-3-4-6-20(19)28-2/h3-14H,1-2H3. The summed E-state index contributed by atoms with van der Waals surface area (Å²) in [5.41, 5.74) is 0.201. The van der Waals surface area contributed by atoms with Crippen molar-refractivity contribution in [3.05, 3.63) is 88.8 Å². The minimum Gasteiger partial charge on any atom is -0.497 e. The van der Waals surface area contributed by atoms with Crippen LogP contribution in [0.3, 0.4) is 0 Å². The highest BCUT2D eigenvalue weighted by Crippen LogP contribution is 2.26. The highest BCUT2D eigenvalue weighted by Gasteiger charge is 2.16. The minimum absolute atomic E-state index is 0.0384. The zero-order chi connectivity index (χ0) is 21.8. The first kappa shape index (κ1) is 20.0. The van der Waals surface area contributed by atoms with Crippen LogP contribution in [0.25, 0.3) is 11.0 Å². The molecule has 0 radical (unpaired) electrons. The average Bonchev–Trinajstić information content (AvgIpc) is 2.81. The molecule has 0 saturated heterocycles. The van der Waals surface area contributed by atoms with Crippen molar-refractivity contribution in [2.45, 2.75) is 0 Å². The number of para-hydroxylation sites is 1. The largest absolute Gasteiger partial charge is 0.497 e. The van der Waals surface area contributed by atoms with Gasteiger partial charge < -0.3 is 23.4 Å². The summed E-state index contributed by atoms with van der Waals surface area (Å²) >= 11 is 0. The number of benzene rings is 3. The third kappa shape index (κ3) is 4.20. The van der Waals surface area contributed by atoms with E-state index in [1.807, 2.05) is 0 Å². The van der Waals surface area contributed by atoms with Gasteiger partial charge in [-0.2, -0.15) is 0 Å². The zero-order valence-electron chi connectivity index (χ0n) is 16.8. The van der Waals surface area contributed by atoms with E-state index in [9.17, 15) is 9.59 Å². The van der Waals surface area contributed by atoms with Crippen LogP contribution in [0.1, 0.15) is 10.4 Å². The van der Waals surface area contributed by atoms with Gasteiger partial charge in [0.25, 0.3) is 0 Å². The molecule has 3 aromatic carbocycles. The molecule has 156 valence electrons. The van der Waals surface area contributed by atoms with Crippen molar-refractivity contribution >= 4 is 16.9 Å². The quantitative estimate of drug-likeness (QED) is 0.328. The predicted octanol–water partition coefficient (Wildman–Crippen LogP) is 4.82. The molecule has 0 fully saturated rings. The van der Waals surface area contributed by atoms with Gasteiger partial charge in [-0.15, -0.1) is 0 Å². The van der Waals surface area contributed by atoms with E-state index in [1.54, 1.807) is 55.6 Å². The fourth-order valence-corrected chi connectivity index (χ4v) is 2.97. The summed E-state index contributed by atoms with van der Waals surface area (Å²) in [6.07, 6.45) is 1.22. The lowest BCUT2D eigenvalue weighted by atomic mass is 10.2. The van der Waals surface area contributed by atoms with Gasteiger partial charge in [-0.25, -0.2) is 4.79 Å². The van der Waals surface area contributed by atoms with Gasteiger partial charge in [0, 0.05) is 6.07 Å². The second kappa shape index (κ2) is 8.62. The molecule has 0 amide bonds. The van der Waals surface area contributed by atoms with Gasteiger partial charge in [0.05, 0.1) is 19.6 Å². The van der Waals surface area contributed by atoms with Gasteiger partial charge in [0.1, 0.15) is 40.4 Å². The first-order valence-corrected chi connectivity index (χ1v) is 9.31. The Kier molecular flexibility index (Phi) is 5.57. The Labute approximate surface area is 177 Å². The van der Waals surface area contributed by atoms with Crippen LogP contribution in [0, 0.1) is 0 Å². The molecule has 0 aliphatic rings. The molecule has 0 unspecified atom stereocenters. The molecule has 7 nitrogen and oxygen atoms in total. The zero-order valence-corrected chi connectivity index (χ0v) is 16.8. The van der Waals surface area contributed by atoms with Gasteiger partial charge in [-0.1, -0.05) is 12.1 Å². The Morgan fingerprint density at radius 1 is 0.806 bits per heavy atom. The molecule has 0 bridgehead atoms. The van der Waals surface area contributed by atoms with Gasteiger partial charge in [0.2, 0.25) is 11.2 Å². The lowest BCUT2D eigenvalue weighted by Crippen LogP contribution is -2.10. The van der Waals surface area contributed by atoms with E-state index >= 15 is 0 Å². The van der Waals surface area contributed by atoms with Crippen molar-refractivity contribution in [3.8, 4) is 28.7 Å². The summed E-state index contributed by atoms with van der Waals surface area (Å²) in [7, 11) is 3.04. The molecule has 0 spiro atoms. The lowest BCUT2D eigenvalue weighted by Gasteiger charge is -2.09. The van der Waals surface area contributed by atoms with Gasteiger partial charge >= 0.3 is 5.97 Å². The van der Waals surface area contributed by atoms with E-state index in [0.29, 0.717) is 22.6 Å².